The van der Waals surface area contributed by atoms with Gasteiger partial charge < -0.3 is 10.4 Å². The first kappa shape index (κ1) is 13.1. The van der Waals surface area contributed by atoms with Gasteiger partial charge in [-0.25, -0.2) is 4.79 Å². The molecule has 1 amide bonds. The van der Waals surface area contributed by atoms with Crippen molar-refractivity contribution in [2.75, 3.05) is 0 Å². The molecule has 1 aromatic rings. The van der Waals surface area contributed by atoms with Crippen LogP contribution in [0.25, 0.3) is 0 Å². The predicted molar refractivity (Wildman–Crippen MR) is 73.3 cm³/mol. The lowest BCUT2D eigenvalue weighted by atomic mass is 10.1. The molecule has 2 N–H and O–H groups in total. The van der Waals surface area contributed by atoms with Gasteiger partial charge in [0.2, 0.25) is 5.91 Å². The van der Waals surface area contributed by atoms with Gasteiger partial charge in [0.25, 0.3) is 0 Å². The van der Waals surface area contributed by atoms with Gasteiger partial charge >= 0.3 is 5.97 Å². The van der Waals surface area contributed by atoms with Crippen molar-refractivity contribution in [2.24, 2.45) is 0 Å². The minimum absolute atomic E-state index is 0.0683. The number of carboxylic acids is 1. The lowest BCUT2D eigenvalue weighted by Gasteiger charge is -2.22. The number of carbonyl (C=O) groups is 2. The molecule has 2 aliphatic rings. The van der Waals surface area contributed by atoms with Crippen molar-refractivity contribution >= 4 is 11.9 Å². The highest BCUT2D eigenvalue weighted by atomic mass is 16.4. The van der Waals surface area contributed by atoms with E-state index in [1.165, 1.54) is 0 Å². The standard InChI is InChI=1S/C15H18N2O3/c1-9(14(18)16-13-4-5-13)17-7-11-3-2-10(15(19)20)6-12(11)8-17/h2-3,6,9,13H,4-5,7-8H2,1H3,(H,16,18)(H,19,20). The Morgan fingerprint density at radius 2 is 2.00 bits per heavy atom. The molecule has 0 aromatic heterocycles. The molecule has 0 bridgehead atoms. The quantitative estimate of drug-likeness (QED) is 0.870. The maximum Gasteiger partial charge on any atom is 0.335 e. The van der Waals surface area contributed by atoms with Crippen LogP contribution in [0.2, 0.25) is 0 Å². The monoisotopic (exact) mass is 274 g/mol. The lowest BCUT2D eigenvalue weighted by molar-refractivity contribution is -0.126. The predicted octanol–water partition coefficient (Wildman–Crippen LogP) is 1.37. The zero-order valence-corrected chi connectivity index (χ0v) is 11.4. The summed E-state index contributed by atoms with van der Waals surface area (Å²) in [7, 11) is 0. The van der Waals surface area contributed by atoms with E-state index in [1.54, 1.807) is 12.1 Å². The van der Waals surface area contributed by atoms with Crippen LogP contribution in [0.15, 0.2) is 18.2 Å². The largest absolute Gasteiger partial charge is 0.478 e. The Bertz CT molecular complexity index is 566. The van der Waals surface area contributed by atoms with Gasteiger partial charge in [-0.15, -0.1) is 0 Å². The molecule has 106 valence electrons. The number of nitrogens with zero attached hydrogens (tertiary/aromatic N) is 1. The number of benzene rings is 1. The van der Waals surface area contributed by atoms with Crippen molar-refractivity contribution in [3.05, 3.63) is 34.9 Å². The Morgan fingerprint density at radius 3 is 2.65 bits per heavy atom. The highest BCUT2D eigenvalue weighted by Crippen LogP contribution is 2.26. The maximum absolute atomic E-state index is 12.1. The van der Waals surface area contributed by atoms with E-state index in [0.29, 0.717) is 24.7 Å². The van der Waals surface area contributed by atoms with Crippen molar-refractivity contribution < 1.29 is 14.7 Å². The van der Waals surface area contributed by atoms with Gasteiger partial charge in [-0.1, -0.05) is 6.07 Å². The number of hydrogen-bond acceptors (Lipinski definition) is 3. The zero-order chi connectivity index (χ0) is 14.3. The number of aromatic carboxylic acids is 1. The zero-order valence-electron chi connectivity index (χ0n) is 11.4. The second-order valence-corrected chi connectivity index (χ2v) is 5.65. The molecule has 1 atom stereocenters. The van der Waals surface area contributed by atoms with E-state index >= 15 is 0 Å². The number of fused-ring (bicyclic) bond motifs is 1. The van der Waals surface area contributed by atoms with Gasteiger partial charge in [0.05, 0.1) is 11.6 Å². The van der Waals surface area contributed by atoms with Crippen LogP contribution in [0.3, 0.4) is 0 Å². The fourth-order valence-corrected chi connectivity index (χ4v) is 2.54. The second kappa shape index (κ2) is 4.90. The average Bonchev–Trinajstić information content (AvgIpc) is 3.12. The normalized spacial score (nSPS) is 19.4. The first-order valence-corrected chi connectivity index (χ1v) is 6.94. The van der Waals surface area contributed by atoms with Gasteiger partial charge in [-0.3, -0.25) is 9.69 Å². The molecule has 1 aliphatic heterocycles. The summed E-state index contributed by atoms with van der Waals surface area (Å²) in [5.74, 6) is -0.843. The molecule has 3 rings (SSSR count). The van der Waals surface area contributed by atoms with Crippen LogP contribution < -0.4 is 5.32 Å². The van der Waals surface area contributed by atoms with E-state index < -0.39 is 5.97 Å². The van der Waals surface area contributed by atoms with E-state index in [-0.39, 0.29) is 11.9 Å². The fourth-order valence-electron chi connectivity index (χ4n) is 2.54. The molecular weight excluding hydrogens is 256 g/mol. The third kappa shape index (κ3) is 2.54. The molecule has 0 radical (unpaired) electrons. The molecule has 1 heterocycles. The summed E-state index contributed by atoms with van der Waals surface area (Å²) in [6, 6.07) is 5.37. The molecule has 5 heteroatoms. The first-order chi connectivity index (χ1) is 9.54. The third-order valence-electron chi connectivity index (χ3n) is 4.05. The summed E-state index contributed by atoms with van der Waals surface area (Å²) in [6.45, 7) is 3.24. The number of amides is 1. The van der Waals surface area contributed by atoms with Crippen LogP contribution in [0, 0.1) is 0 Å². The van der Waals surface area contributed by atoms with Gasteiger partial charge in [0, 0.05) is 19.1 Å². The second-order valence-electron chi connectivity index (χ2n) is 5.65. The van der Waals surface area contributed by atoms with Crippen molar-refractivity contribution in [1.82, 2.24) is 10.2 Å². The van der Waals surface area contributed by atoms with E-state index in [2.05, 4.69) is 10.2 Å². The summed E-state index contributed by atoms with van der Waals surface area (Å²) in [4.78, 5) is 25.1. The Hall–Kier alpha value is -1.88. The summed E-state index contributed by atoms with van der Waals surface area (Å²) >= 11 is 0. The van der Waals surface area contributed by atoms with Crippen LogP contribution in [-0.2, 0) is 17.9 Å². The van der Waals surface area contributed by atoms with Gasteiger partial charge in [0.1, 0.15) is 0 Å². The lowest BCUT2D eigenvalue weighted by Crippen LogP contribution is -2.43. The average molecular weight is 274 g/mol. The molecule has 1 unspecified atom stereocenters. The van der Waals surface area contributed by atoms with Gasteiger partial charge in [-0.2, -0.15) is 0 Å². The Balaban J connectivity index is 1.69. The highest BCUT2D eigenvalue weighted by molar-refractivity contribution is 5.88. The van der Waals surface area contributed by atoms with E-state index in [9.17, 15) is 9.59 Å². The van der Waals surface area contributed by atoms with Crippen LogP contribution in [-0.4, -0.2) is 34.0 Å². The third-order valence-corrected chi connectivity index (χ3v) is 4.05. The maximum atomic E-state index is 12.1. The summed E-state index contributed by atoms with van der Waals surface area (Å²) in [5, 5.41) is 12.0. The Kier molecular flexibility index (Phi) is 3.22. The smallest absolute Gasteiger partial charge is 0.335 e. The molecule has 1 saturated carbocycles. The molecule has 1 fully saturated rings. The van der Waals surface area contributed by atoms with E-state index in [1.807, 2.05) is 13.0 Å². The number of carbonyl (C=O) groups excluding carboxylic acids is 1. The van der Waals surface area contributed by atoms with E-state index in [4.69, 9.17) is 5.11 Å². The molecule has 0 spiro atoms. The SMILES string of the molecule is CC(C(=O)NC1CC1)N1Cc2ccc(C(=O)O)cc2C1. The number of hydrogen-bond donors (Lipinski definition) is 2. The van der Waals surface area contributed by atoms with E-state index in [0.717, 1.165) is 24.0 Å². The molecule has 1 aromatic carbocycles. The summed E-state index contributed by atoms with van der Waals surface area (Å²) in [6.07, 6.45) is 2.17. The van der Waals surface area contributed by atoms with Gasteiger partial charge in [0.15, 0.2) is 0 Å². The molecule has 5 nitrogen and oxygen atoms in total. The summed E-state index contributed by atoms with van der Waals surface area (Å²) in [5.41, 5.74) is 2.43. The van der Waals surface area contributed by atoms with Crippen LogP contribution in [0.1, 0.15) is 41.3 Å². The van der Waals surface area contributed by atoms with Crippen LogP contribution in [0.5, 0.6) is 0 Å². The minimum atomic E-state index is -0.911. The molecule has 0 saturated heterocycles. The van der Waals surface area contributed by atoms with Crippen LogP contribution >= 0.6 is 0 Å². The Labute approximate surface area is 117 Å². The van der Waals surface area contributed by atoms with Crippen LogP contribution in [0.4, 0.5) is 0 Å². The summed E-state index contributed by atoms with van der Waals surface area (Å²) < 4.78 is 0. The van der Waals surface area contributed by atoms with Crippen molar-refractivity contribution in [2.45, 2.75) is 44.9 Å². The molecule has 20 heavy (non-hydrogen) atoms. The highest BCUT2D eigenvalue weighted by Gasteiger charge is 2.31. The molecule has 1 aliphatic carbocycles. The number of carboxylic acid groups (broad SMARTS) is 1. The number of nitrogens with one attached hydrogen (secondary N) is 1. The molecular formula is C15H18N2O3. The fraction of sp³-hybridized carbons (Fsp3) is 0.467. The Morgan fingerprint density at radius 1 is 1.30 bits per heavy atom. The first-order valence-electron chi connectivity index (χ1n) is 6.94. The van der Waals surface area contributed by atoms with Crippen molar-refractivity contribution in [3.8, 4) is 0 Å². The van der Waals surface area contributed by atoms with Crippen molar-refractivity contribution in [1.29, 1.82) is 0 Å². The minimum Gasteiger partial charge on any atom is -0.478 e. The topological polar surface area (TPSA) is 69.6 Å². The van der Waals surface area contributed by atoms with Crippen molar-refractivity contribution in [3.63, 3.8) is 0 Å². The van der Waals surface area contributed by atoms with Gasteiger partial charge in [-0.05, 0) is 43.0 Å². The number of rotatable bonds is 4.